The highest BCUT2D eigenvalue weighted by atomic mass is 16.5. The Labute approximate surface area is 236 Å². The van der Waals surface area contributed by atoms with Crippen LogP contribution in [-0.4, -0.2) is 41.8 Å². The van der Waals surface area contributed by atoms with E-state index in [1.165, 1.54) is 11.7 Å². The first-order valence-corrected chi connectivity index (χ1v) is 12.9. The van der Waals surface area contributed by atoms with Crippen molar-refractivity contribution in [3.8, 4) is 28.4 Å². The molecule has 208 valence electrons. The summed E-state index contributed by atoms with van der Waals surface area (Å²) in [6.45, 7) is 2.24. The molecule has 0 radical (unpaired) electrons. The summed E-state index contributed by atoms with van der Waals surface area (Å²) in [6, 6.07) is 18.1. The Kier molecular flexibility index (Phi) is 7.96. The van der Waals surface area contributed by atoms with Gasteiger partial charge in [0.25, 0.3) is 5.56 Å². The predicted octanol–water partition coefficient (Wildman–Crippen LogP) is 5.20. The Hall–Kier alpha value is -5.18. The maximum Gasteiger partial charge on any atom is 0.355 e. The number of benzene rings is 2. The van der Waals surface area contributed by atoms with Crippen LogP contribution < -0.4 is 19.8 Å². The molecule has 0 saturated carbocycles. The van der Waals surface area contributed by atoms with E-state index in [4.69, 9.17) is 18.9 Å². The van der Waals surface area contributed by atoms with Gasteiger partial charge in [-0.05, 0) is 78.0 Å². The van der Waals surface area contributed by atoms with Crippen LogP contribution in [0.5, 0.6) is 17.2 Å². The number of hydrogen-bond acceptors (Lipinski definition) is 8. The molecule has 0 aliphatic carbocycles. The Morgan fingerprint density at radius 3 is 2.24 bits per heavy atom. The minimum atomic E-state index is -0.651. The normalized spacial score (nSPS) is 10.8. The van der Waals surface area contributed by atoms with Crippen LogP contribution in [0.15, 0.2) is 84.0 Å². The molecule has 3 aromatic heterocycles. The number of carbonyl (C=O) groups is 1. The lowest BCUT2D eigenvalue weighted by Crippen LogP contribution is -2.28. The number of carbonyl (C=O) groups excluding carboxylic acids is 1. The minimum absolute atomic E-state index is 0.108. The van der Waals surface area contributed by atoms with E-state index in [-0.39, 0.29) is 24.4 Å². The van der Waals surface area contributed by atoms with Crippen LogP contribution in [0.25, 0.3) is 21.9 Å². The van der Waals surface area contributed by atoms with Gasteiger partial charge in [0.1, 0.15) is 29.5 Å². The predicted molar refractivity (Wildman–Crippen MR) is 155 cm³/mol. The van der Waals surface area contributed by atoms with Gasteiger partial charge in [0, 0.05) is 29.7 Å². The maximum atomic E-state index is 14.1. The zero-order chi connectivity index (χ0) is 28.9. The van der Waals surface area contributed by atoms with Crippen molar-refractivity contribution in [3.05, 3.63) is 112 Å². The fraction of sp³-hybridized carbons (Fsp3) is 0.188. The molecule has 0 saturated heterocycles. The third-order valence-electron chi connectivity index (χ3n) is 6.87. The van der Waals surface area contributed by atoms with Crippen LogP contribution in [-0.2, 0) is 17.9 Å². The Morgan fingerprint density at radius 1 is 0.878 bits per heavy atom. The highest BCUT2D eigenvalue weighted by molar-refractivity contribution is 6.07. The second-order valence-corrected chi connectivity index (χ2v) is 9.28. The highest BCUT2D eigenvalue weighted by Gasteiger charge is 2.26. The second-order valence-electron chi connectivity index (χ2n) is 9.28. The Balaban J connectivity index is 1.79. The fourth-order valence-electron chi connectivity index (χ4n) is 4.81. The van der Waals surface area contributed by atoms with Gasteiger partial charge in [-0.1, -0.05) is 6.07 Å². The van der Waals surface area contributed by atoms with Gasteiger partial charge in [-0.3, -0.25) is 19.3 Å². The number of pyridine rings is 3. The van der Waals surface area contributed by atoms with E-state index >= 15 is 0 Å². The standard InChI is InChI=1S/C32H29N3O6/c1-20-27(38-2)15-22(16-28(20)39-3)29-25-9-8-24(41-19-23-7-5-6-12-34-23)17-26(25)31(36)35(30(29)32(37)40-4)18-21-10-13-33-14-11-21/h5-17H,18-19H2,1-4H3. The summed E-state index contributed by atoms with van der Waals surface area (Å²) < 4.78 is 23.9. The average Bonchev–Trinajstić information content (AvgIpc) is 3.02. The van der Waals surface area contributed by atoms with Gasteiger partial charge >= 0.3 is 5.97 Å². The van der Waals surface area contributed by atoms with Crippen molar-refractivity contribution in [1.29, 1.82) is 0 Å². The van der Waals surface area contributed by atoms with E-state index in [1.54, 1.807) is 63.1 Å². The summed E-state index contributed by atoms with van der Waals surface area (Å²) in [7, 11) is 4.43. The van der Waals surface area contributed by atoms with Crippen LogP contribution in [0.2, 0.25) is 0 Å². The van der Waals surface area contributed by atoms with Crippen LogP contribution >= 0.6 is 0 Å². The summed E-state index contributed by atoms with van der Waals surface area (Å²) in [5.41, 5.74) is 3.22. The molecule has 5 aromatic rings. The largest absolute Gasteiger partial charge is 0.496 e. The van der Waals surface area contributed by atoms with E-state index in [0.29, 0.717) is 39.1 Å². The first-order valence-electron chi connectivity index (χ1n) is 12.9. The first kappa shape index (κ1) is 27.4. The summed E-state index contributed by atoms with van der Waals surface area (Å²) in [5, 5.41) is 0.929. The van der Waals surface area contributed by atoms with Crippen molar-refractivity contribution < 1.29 is 23.7 Å². The van der Waals surface area contributed by atoms with E-state index < -0.39 is 5.97 Å². The topological polar surface area (TPSA) is 102 Å². The molecule has 0 amide bonds. The maximum absolute atomic E-state index is 14.1. The van der Waals surface area contributed by atoms with Gasteiger partial charge in [-0.15, -0.1) is 0 Å². The molecule has 2 aromatic carbocycles. The summed E-state index contributed by atoms with van der Waals surface area (Å²) in [6.07, 6.45) is 4.97. The molecule has 0 spiro atoms. The molecule has 0 aliphatic rings. The summed E-state index contributed by atoms with van der Waals surface area (Å²) in [4.78, 5) is 35.9. The van der Waals surface area contributed by atoms with Crippen molar-refractivity contribution in [1.82, 2.24) is 14.5 Å². The third-order valence-corrected chi connectivity index (χ3v) is 6.87. The minimum Gasteiger partial charge on any atom is -0.496 e. The molecule has 0 unspecified atom stereocenters. The fourth-order valence-corrected chi connectivity index (χ4v) is 4.81. The van der Waals surface area contributed by atoms with Gasteiger partial charge in [0.2, 0.25) is 0 Å². The smallest absolute Gasteiger partial charge is 0.355 e. The average molecular weight is 552 g/mol. The van der Waals surface area contributed by atoms with E-state index in [2.05, 4.69) is 9.97 Å². The number of fused-ring (bicyclic) bond motifs is 1. The van der Waals surface area contributed by atoms with Crippen LogP contribution in [0.3, 0.4) is 0 Å². The molecule has 41 heavy (non-hydrogen) atoms. The van der Waals surface area contributed by atoms with Crippen molar-refractivity contribution in [2.24, 2.45) is 0 Å². The molecular formula is C32H29N3O6. The van der Waals surface area contributed by atoms with Crippen molar-refractivity contribution in [2.75, 3.05) is 21.3 Å². The summed E-state index contributed by atoms with van der Waals surface area (Å²) in [5.74, 6) is 0.990. The molecule has 3 heterocycles. The lowest BCUT2D eigenvalue weighted by molar-refractivity contribution is 0.0588. The lowest BCUT2D eigenvalue weighted by atomic mass is 9.94. The number of ether oxygens (including phenoxy) is 4. The summed E-state index contributed by atoms with van der Waals surface area (Å²) >= 11 is 0. The van der Waals surface area contributed by atoms with E-state index in [0.717, 1.165) is 16.8 Å². The molecule has 5 rings (SSSR count). The van der Waals surface area contributed by atoms with E-state index in [9.17, 15) is 9.59 Å². The zero-order valence-electron chi connectivity index (χ0n) is 23.2. The lowest BCUT2D eigenvalue weighted by Gasteiger charge is -2.20. The third kappa shape index (κ3) is 5.47. The van der Waals surface area contributed by atoms with Crippen LogP contribution in [0.1, 0.15) is 27.3 Å². The number of rotatable bonds is 9. The number of aromatic nitrogens is 3. The van der Waals surface area contributed by atoms with E-state index in [1.807, 2.05) is 37.3 Å². The molecule has 0 atom stereocenters. The van der Waals surface area contributed by atoms with Crippen molar-refractivity contribution >= 4 is 16.7 Å². The van der Waals surface area contributed by atoms with Gasteiger partial charge in [0.05, 0.1) is 39.0 Å². The second kappa shape index (κ2) is 11.9. The zero-order valence-corrected chi connectivity index (χ0v) is 23.2. The van der Waals surface area contributed by atoms with Gasteiger partial charge < -0.3 is 18.9 Å². The SMILES string of the molecule is COC(=O)c1c(-c2cc(OC)c(C)c(OC)c2)c2ccc(OCc3ccccn3)cc2c(=O)n1Cc1ccncc1. The van der Waals surface area contributed by atoms with Gasteiger partial charge in [-0.2, -0.15) is 0 Å². The van der Waals surface area contributed by atoms with Crippen molar-refractivity contribution in [3.63, 3.8) is 0 Å². The molecule has 9 nitrogen and oxygen atoms in total. The highest BCUT2D eigenvalue weighted by Crippen LogP contribution is 2.39. The molecule has 9 heteroatoms. The Bertz CT molecular complexity index is 1740. The first-order chi connectivity index (χ1) is 19.9. The van der Waals surface area contributed by atoms with Crippen LogP contribution in [0.4, 0.5) is 0 Å². The van der Waals surface area contributed by atoms with Crippen molar-refractivity contribution in [2.45, 2.75) is 20.1 Å². The number of nitrogens with zero attached hydrogens (tertiary/aromatic N) is 3. The number of esters is 1. The molecule has 0 bridgehead atoms. The van der Waals surface area contributed by atoms with Crippen LogP contribution in [0, 0.1) is 6.92 Å². The monoisotopic (exact) mass is 551 g/mol. The molecule has 0 N–H and O–H groups in total. The molecule has 0 fully saturated rings. The number of methoxy groups -OCH3 is 3. The van der Waals surface area contributed by atoms with Gasteiger partial charge in [-0.25, -0.2) is 4.79 Å². The molecule has 0 aliphatic heterocycles. The quantitative estimate of drug-likeness (QED) is 0.231. The Morgan fingerprint density at radius 2 is 1.61 bits per heavy atom. The number of hydrogen-bond donors (Lipinski definition) is 0. The van der Waals surface area contributed by atoms with Gasteiger partial charge in [0.15, 0.2) is 0 Å². The molecular weight excluding hydrogens is 522 g/mol.